The lowest BCUT2D eigenvalue weighted by Gasteiger charge is -2.27. The van der Waals surface area contributed by atoms with Gasteiger partial charge in [0.05, 0.1) is 29.9 Å². The van der Waals surface area contributed by atoms with E-state index in [-0.39, 0.29) is 11.6 Å². The summed E-state index contributed by atoms with van der Waals surface area (Å²) in [6.45, 7) is 1.60. The van der Waals surface area contributed by atoms with Crippen molar-refractivity contribution < 1.29 is 9.53 Å². The molecule has 8 heteroatoms. The Hall–Kier alpha value is -3.08. The van der Waals surface area contributed by atoms with Gasteiger partial charge in [0, 0.05) is 13.1 Å². The van der Waals surface area contributed by atoms with Crippen molar-refractivity contribution in [2.45, 2.75) is 25.3 Å². The van der Waals surface area contributed by atoms with Crippen LogP contribution in [0, 0.1) is 17.2 Å². The van der Waals surface area contributed by atoms with E-state index in [1.807, 2.05) is 47.5 Å². The van der Waals surface area contributed by atoms with Crippen LogP contribution in [0.4, 0.5) is 5.69 Å². The number of para-hydroxylation sites is 1. The fourth-order valence-electron chi connectivity index (χ4n) is 4.03. The van der Waals surface area contributed by atoms with Crippen LogP contribution in [0.1, 0.15) is 30.9 Å². The van der Waals surface area contributed by atoms with Crippen LogP contribution in [0.15, 0.2) is 53.6 Å². The lowest BCUT2D eigenvalue weighted by Crippen LogP contribution is -2.48. The Balaban J connectivity index is 1.71. The van der Waals surface area contributed by atoms with Gasteiger partial charge in [-0.1, -0.05) is 42.3 Å². The summed E-state index contributed by atoms with van der Waals surface area (Å²) in [5, 5.41) is 18.7. The summed E-state index contributed by atoms with van der Waals surface area (Å²) in [6, 6.07) is 16.6. The number of nitrogens with one attached hydrogen (secondary N) is 1. The van der Waals surface area contributed by atoms with Gasteiger partial charge in [-0.3, -0.25) is 15.2 Å². The zero-order valence-corrected chi connectivity index (χ0v) is 18.0. The first-order valence-electron chi connectivity index (χ1n) is 10.3. The van der Waals surface area contributed by atoms with Crippen LogP contribution in [-0.2, 0) is 4.79 Å². The average molecular weight is 438 g/mol. The molecular formula is C23H24ClN5O2. The molecule has 7 nitrogen and oxygen atoms in total. The maximum atomic E-state index is 13.1. The standard InChI is InChI=1S/C23H24ClN5O2/c1-31-17-11-9-16(10-12-17)22-18(15-25)21(23(30)27-28-13-5-2-6-14-28)26-29(22)20-8-4-3-7-19(20)24/h3-4,7-12,18,22H,2,5-6,13-14H2,1H3,(H,27,30)/t18-,22+/m0/s1. The van der Waals surface area contributed by atoms with E-state index in [4.69, 9.17) is 16.3 Å². The third kappa shape index (κ3) is 4.36. The monoisotopic (exact) mass is 437 g/mol. The third-order valence-electron chi connectivity index (χ3n) is 5.63. The number of methoxy groups -OCH3 is 1. The maximum Gasteiger partial charge on any atom is 0.283 e. The van der Waals surface area contributed by atoms with Crippen molar-refractivity contribution in [1.82, 2.24) is 10.4 Å². The van der Waals surface area contributed by atoms with Crippen LogP contribution in [0.5, 0.6) is 5.75 Å². The minimum absolute atomic E-state index is 0.189. The number of amides is 1. The van der Waals surface area contributed by atoms with Crippen molar-refractivity contribution in [3.05, 3.63) is 59.1 Å². The molecular weight excluding hydrogens is 414 g/mol. The average Bonchev–Trinajstić information content (AvgIpc) is 3.19. The molecule has 0 aromatic heterocycles. The first-order chi connectivity index (χ1) is 15.1. The summed E-state index contributed by atoms with van der Waals surface area (Å²) in [4.78, 5) is 13.1. The zero-order valence-electron chi connectivity index (χ0n) is 17.3. The number of anilines is 1. The normalized spacial score (nSPS) is 21.3. The van der Waals surface area contributed by atoms with Crippen molar-refractivity contribution in [1.29, 1.82) is 5.26 Å². The van der Waals surface area contributed by atoms with Crippen LogP contribution in [-0.4, -0.2) is 36.8 Å². The molecule has 2 heterocycles. The predicted octanol–water partition coefficient (Wildman–Crippen LogP) is 3.92. The lowest BCUT2D eigenvalue weighted by atomic mass is 9.90. The van der Waals surface area contributed by atoms with Gasteiger partial charge >= 0.3 is 0 Å². The highest BCUT2D eigenvalue weighted by molar-refractivity contribution is 6.41. The molecule has 1 fully saturated rings. The fourth-order valence-corrected chi connectivity index (χ4v) is 4.25. The molecule has 1 N–H and O–H groups in total. The van der Waals surface area contributed by atoms with Crippen molar-refractivity contribution in [2.75, 3.05) is 25.2 Å². The molecule has 31 heavy (non-hydrogen) atoms. The van der Waals surface area contributed by atoms with E-state index in [9.17, 15) is 10.1 Å². The number of benzene rings is 2. The molecule has 2 atom stereocenters. The highest BCUT2D eigenvalue weighted by Crippen LogP contribution is 2.42. The van der Waals surface area contributed by atoms with Gasteiger partial charge in [-0.2, -0.15) is 10.4 Å². The number of hydrogen-bond acceptors (Lipinski definition) is 6. The third-order valence-corrected chi connectivity index (χ3v) is 5.95. The minimum Gasteiger partial charge on any atom is -0.497 e. The summed E-state index contributed by atoms with van der Waals surface area (Å²) in [5.74, 6) is -0.389. The smallest absolute Gasteiger partial charge is 0.283 e. The number of ether oxygens (including phenoxy) is 1. The van der Waals surface area contributed by atoms with Crippen LogP contribution in [0.2, 0.25) is 5.02 Å². The van der Waals surface area contributed by atoms with E-state index in [0.29, 0.717) is 16.5 Å². The lowest BCUT2D eigenvalue weighted by molar-refractivity contribution is -0.119. The molecule has 0 spiro atoms. The topological polar surface area (TPSA) is 81.0 Å². The van der Waals surface area contributed by atoms with Gasteiger partial charge in [-0.25, -0.2) is 5.01 Å². The second-order valence-corrected chi connectivity index (χ2v) is 8.00. The molecule has 160 valence electrons. The fraction of sp³-hybridized carbons (Fsp3) is 0.348. The van der Waals surface area contributed by atoms with Crippen molar-refractivity contribution >= 4 is 28.9 Å². The maximum absolute atomic E-state index is 13.1. The molecule has 2 aromatic rings. The van der Waals surface area contributed by atoms with Crippen molar-refractivity contribution in [2.24, 2.45) is 11.0 Å². The van der Waals surface area contributed by atoms with Crippen molar-refractivity contribution in [3.8, 4) is 11.8 Å². The van der Waals surface area contributed by atoms with Gasteiger partial charge in [0.15, 0.2) is 0 Å². The number of rotatable bonds is 5. The second-order valence-electron chi connectivity index (χ2n) is 7.59. The molecule has 2 aliphatic heterocycles. The van der Waals surface area contributed by atoms with Crippen LogP contribution in [0.25, 0.3) is 0 Å². The summed E-state index contributed by atoms with van der Waals surface area (Å²) in [7, 11) is 1.60. The number of halogens is 1. The number of piperidine rings is 1. The van der Waals surface area contributed by atoms with Gasteiger partial charge in [0.1, 0.15) is 17.4 Å². The Morgan fingerprint density at radius 1 is 1.16 bits per heavy atom. The number of hydrazone groups is 1. The first-order valence-corrected chi connectivity index (χ1v) is 10.7. The predicted molar refractivity (Wildman–Crippen MR) is 120 cm³/mol. The summed E-state index contributed by atoms with van der Waals surface area (Å²) in [6.07, 6.45) is 3.23. The van der Waals surface area contributed by atoms with Crippen LogP contribution >= 0.6 is 11.6 Å². The van der Waals surface area contributed by atoms with Gasteiger partial charge in [-0.05, 0) is 42.7 Å². The first kappa shape index (κ1) is 21.2. The van der Waals surface area contributed by atoms with Gasteiger partial charge in [0.2, 0.25) is 0 Å². The highest BCUT2D eigenvalue weighted by atomic mass is 35.5. The number of nitriles is 1. The van der Waals surface area contributed by atoms with Crippen LogP contribution < -0.4 is 15.2 Å². The van der Waals surface area contributed by atoms with E-state index in [2.05, 4.69) is 16.6 Å². The summed E-state index contributed by atoms with van der Waals surface area (Å²) < 4.78 is 5.26. The molecule has 0 radical (unpaired) electrons. The largest absolute Gasteiger partial charge is 0.497 e. The molecule has 1 amide bonds. The SMILES string of the molecule is COc1ccc([C@@H]2[C@@H](C#N)C(C(=O)NN3CCCCC3)=NN2c2ccccc2Cl)cc1. The Morgan fingerprint density at radius 3 is 2.52 bits per heavy atom. The molecule has 2 aliphatic rings. The van der Waals surface area contributed by atoms with E-state index in [1.54, 1.807) is 18.2 Å². The molecule has 0 unspecified atom stereocenters. The number of hydrazine groups is 1. The Morgan fingerprint density at radius 2 is 1.87 bits per heavy atom. The quantitative estimate of drug-likeness (QED) is 0.766. The van der Waals surface area contributed by atoms with E-state index in [0.717, 1.165) is 37.9 Å². The Bertz CT molecular complexity index is 1010. The van der Waals surface area contributed by atoms with Crippen LogP contribution in [0.3, 0.4) is 0 Å². The molecule has 0 bridgehead atoms. The van der Waals surface area contributed by atoms with Crippen molar-refractivity contribution in [3.63, 3.8) is 0 Å². The minimum atomic E-state index is -0.755. The highest BCUT2D eigenvalue weighted by Gasteiger charge is 2.43. The number of carbonyl (C=O) groups is 1. The second kappa shape index (κ2) is 9.38. The van der Waals surface area contributed by atoms with E-state index >= 15 is 0 Å². The zero-order chi connectivity index (χ0) is 21.8. The van der Waals surface area contributed by atoms with Gasteiger partial charge in [-0.15, -0.1) is 0 Å². The molecule has 4 rings (SSSR count). The Kier molecular flexibility index (Phi) is 6.40. The number of carbonyl (C=O) groups excluding carboxylic acids is 1. The van der Waals surface area contributed by atoms with E-state index < -0.39 is 12.0 Å². The van der Waals surface area contributed by atoms with Gasteiger partial charge in [0.25, 0.3) is 5.91 Å². The Labute approximate surface area is 186 Å². The summed E-state index contributed by atoms with van der Waals surface area (Å²) in [5.41, 5.74) is 4.61. The molecule has 2 aromatic carbocycles. The number of hydrogen-bond donors (Lipinski definition) is 1. The number of nitrogens with zero attached hydrogens (tertiary/aromatic N) is 4. The molecule has 0 saturated carbocycles. The molecule has 0 aliphatic carbocycles. The summed E-state index contributed by atoms with van der Waals surface area (Å²) >= 11 is 6.46. The van der Waals surface area contributed by atoms with Gasteiger partial charge < -0.3 is 4.74 Å². The molecule has 1 saturated heterocycles. The van der Waals surface area contributed by atoms with E-state index in [1.165, 1.54) is 0 Å².